The summed E-state index contributed by atoms with van der Waals surface area (Å²) in [6, 6.07) is 8.62. The summed E-state index contributed by atoms with van der Waals surface area (Å²) in [5.74, 6) is 2.77. The van der Waals surface area contributed by atoms with Gasteiger partial charge in [0, 0.05) is 17.4 Å². The number of nitrogens with zero attached hydrogens (tertiary/aromatic N) is 1. The third kappa shape index (κ3) is 4.16. The van der Waals surface area contributed by atoms with Crippen molar-refractivity contribution in [2.24, 2.45) is 10.9 Å². The van der Waals surface area contributed by atoms with Crippen molar-refractivity contribution in [2.45, 2.75) is 32.9 Å². The van der Waals surface area contributed by atoms with Gasteiger partial charge >= 0.3 is 0 Å². The molecule has 1 N–H and O–H groups in total. The third-order valence-electron chi connectivity index (χ3n) is 3.09. The summed E-state index contributed by atoms with van der Waals surface area (Å²) < 4.78 is 5.34. The summed E-state index contributed by atoms with van der Waals surface area (Å²) >= 11 is 1.82. The fourth-order valence-corrected chi connectivity index (χ4v) is 3.20. The predicted molar refractivity (Wildman–Crippen MR) is 83.0 cm³/mol. The number of nitrogens with one attached hydrogen (secondary N) is 1. The molecule has 1 aromatic rings. The molecule has 0 aliphatic carbocycles. The van der Waals surface area contributed by atoms with Crippen molar-refractivity contribution in [1.82, 2.24) is 5.32 Å². The summed E-state index contributed by atoms with van der Waals surface area (Å²) in [5, 5.41) is 4.57. The summed E-state index contributed by atoms with van der Waals surface area (Å²) in [5.41, 5.74) is 1.13. The molecule has 1 heterocycles. The van der Waals surface area contributed by atoms with Gasteiger partial charge in [0.25, 0.3) is 0 Å². The van der Waals surface area contributed by atoms with Crippen LogP contribution in [0.4, 0.5) is 0 Å². The van der Waals surface area contributed by atoms with E-state index >= 15 is 0 Å². The molecule has 4 heteroatoms. The van der Waals surface area contributed by atoms with Crippen molar-refractivity contribution >= 4 is 16.9 Å². The summed E-state index contributed by atoms with van der Waals surface area (Å²) in [7, 11) is 1.70. The van der Waals surface area contributed by atoms with E-state index in [0.29, 0.717) is 12.6 Å². The second-order valence-corrected chi connectivity index (χ2v) is 6.22. The molecule has 1 aliphatic heterocycles. The second kappa shape index (κ2) is 6.85. The number of aliphatic imine (C=N–C) groups is 1. The first-order valence-corrected chi connectivity index (χ1v) is 7.73. The van der Waals surface area contributed by atoms with Crippen LogP contribution < -0.4 is 10.1 Å². The van der Waals surface area contributed by atoms with Crippen molar-refractivity contribution < 1.29 is 4.74 Å². The zero-order chi connectivity index (χ0) is 13.7. The average Bonchev–Trinajstić information content (AvgIpc) is 2.83. The maximum absolute atomic E-state index is 5.34. The lowest BCUT2D eigenvalue weighted by Gasteiger charge is -2.12. The van der Waals surface area contributed by atoms with Gasteiger partial charge in [-0.2, -0.15) is 0 Å². The van der Waals surface area contributed by atoms with Gasteiger partial charge in [-0.05, 0) is 18.4 Å². The zero-order valence-electron chi connectivity index (χ0n) is 11.8. The molecule has 1 fully saturated rings. The number of hydrogen-bond acceptors (Lipinski definition) is 3. The molecule has 1 aromatic carbocycles. The molecule has 1 saturated heterocycles. The van der Waals surface area contributed by atoms with E-state index in [-0.39, 0.29) is 0 Å². The smallest absolute Gasteiger partial charge is 0.157 e. The van der Waals surface area contributed by atoms with Gasteiger partial charge in [0.2, 0.25) is 0 Å². The Hall–Kier alpha value is -1.16. The van der Waals surface area contributed by atoms with Crippen molar-refractivity contribution in [2.75, 3.05) is 12.9 Å². The van der Waals surface area contributed by atoms with E-state index in [9.17, 15) is 0 Å². The van der Waals surface area contributed by atoms with Crippen LogP contribution in [-0.4, -0.2) is 24.1 Å². The molecule has 19 heavy (non-hydrogen) atoms. The van der Waals surface area contributed by atoms with Crippen molar-refractivity contribution in [3.63, 3.8) is 0 Å². The van der Waals surface area contributed by atoms with Gasteiger partial charge in [-0.15, -0.1) is 0 Å². The quantitative estimate of drug-likeness (QED) is 0.897. The highest BCUT2D eigenvalue weighted by Gasteiger charge is 2.20. The van der Waals surface area contributed by atoms with Crippen LogP contribution in [0.5, 0.6) is 5.75 Å². The molecule has 1 aliphatic rings. The molecule has 2 rings (SSSR count). The van der Waals surface area contributed by atoms with Crippen LogP contribution in [0, 0.1) is 5.92 Å². The lowest BCUT2D eigenvalue weighted by molar-refractivity contribution is 0.410. The van der Waals surface area contributed by atoms with Crippen molar-refractivity contribution in [1.29, 1.82) is 0 Å². The monoisotopic (exact) mass is 278 g/mol. The van der Waals surface area contributed by atoms with E-state index in [1.54, 1.807) is 7.11 Å². The topological polar surface area (TPSA) is 33.6 Å². The molecule has 0 spiro atoms. The maximum atomic E-state index is 5.34. The zero-order valence-corrected chi connectivity index (χ0v) is 12.7. The van der Waals surface area contributed by atoms with Crippen LogP contribution in [0.25, 0.3) is 0 Å². The first-order valence-electron chi connectivity index (χ1n) is 6.74. The number of hydrogen-bond donors (Lipinski definition) is 1. The Morgan fingerprint density at radius 1 is 1.42 bits per heavy atom. The highest BCUT2D eigenvalue weighted by atomic mass is 32.2. The molecule has 1 unspecified atom stereocenters. The molecule has 0 aromatic heterocycles. The average molecular weight is 278 g/mol. The minimum atomic E-state index is 0.571. The number of amidine groups is 1. The van der Waals surface area contributed by atoms with Gasteiger partial charge in [0.05, 0.1) is 13.7 Å². The molecule has 0 bridgehead atoms. The van der Waals surface area contributed by atoms with Crippen molar-refractivity contribution in [3.8, 4) is 5.75 Å². The summed E-state index contributed by atoms with van der Waals surface area (Å²) in [4.78, 5) is 4.65. The normalized spacial score (nSPS) is 20.8. The van der Waals surface area contributed by atoms with E-state index in [1.807, 2.05) is 30.0 Å². The number of para-hydroxylation sites is 1. The van der Waals surface area contributed by atoms with E-state index in [4.69, 9.17) is 4.74 Å². The van der Waals surface area contributed by atoms with E-state index in [0.717, 1.165) is 28.2 Å². The van der Waals surface area contributed by atoms with Gasteiger partial charge < -0.3 is 10.1 Å². The standard InChI is InChI=1S/C15H22N2OS/c1-11(2)8-13-10-19-15(17-13)16-9-12-6-4-5-7-14(12)18-3/h4-7,11,13H,8-10H2,1-3H3,(H,16,17). The van der Waals surface area contributed by atoms with Crippen LogP contribution in [0.15, 0.2) is 29.3 Å². The second-order valence-electron chi connectivity index (χ2n) is 5.22. The number of ether oxygens (including phenoxy) is 1. The largest absolute Gasteiger partial charge is 0.496 e. The molecule has 0 radical (unpaired) electrons. The number of rotatable bonds is 5. The van der Waals surface area contributed by atoms with Crippen LogP contribution in [0.3, 0.4) is 0 Å². The maximum Gasteiger partial charge on any atom is 0.157 e. The third-order valence-corrected chi connectivity index (χ3v) is 4.18. The van der Waals surface area contributed by atoms with E-state index < -0.39 is 0 Å². The predicted octanol–water partition coefficient (Wildman–Crippen LogP) is 3.30. The summed E-state index contributed by atoms with van der Waals surface area (Å²) in [6.45, 7) is 5.19. The van der Waals surface area contributed by atoms with Crippen LogP contribution >= 0.6 is 11.8 Å². The van der Waals surface area contributed by atoms with Gasteiger partial charge in [0.1, 0.15) is 5.75 Å². The first kappa shape index (κ1) is 14.3. The highest BCUT2D eigenvalue weighted by molar-refractivity contribution is 8.14. The lowest BCUT2D eigenvalue weighted by Crippen LogP contribution is -2.28. The number of thioether (sulfide) groups is 1. The molecule has 0 saturated carbocycles. The highest BCUT2D eigenvalue weighted by Crippen LogP contribution is 2.22. The van der Waals surface area contributed by atoms with E-state index in [2.05, 4.69) is 30.2 Å². The van der Waals surface area contributed by atoms with Gasteiger partial charge in [0.15, 0.2) is 5.17 Å². The molecule has 1 atom stereocenters. The number of benzene rings is 1. The fraction of sp³-hybridized carbons (Fsp3) is 0.533. The van der Waals surface area contributed by atoms with Gasteiger partial charge in [-0.25, -0.2) is 0 Å². The fourth-order valence-electron chi connectivity index (χ4n) is 2.22. The minimum absolute atomic E-state index is 0.571. The first-order chi connectivity index (χ1) is 9.19. The Morgan fingerprint density at radius 3 is 2.95 bits per heavy atom. The van der Waals surface area contributed by atoms with Crippen molar-refractivity contribution in [3.05, 3.63) is 29.8 Å². The van der Waals surface area contributed by atoms with Gasteiger partial charge in [-0.3, -0.25) is 4.99 Å². The summed E-state index contributed by atoms with van der Waals surface area (Å²) in [6.07, 6.45) is 1.21. The SMILES string of the molecule is COc1ccccc1CN=C1NC(CC(C)C)CS1. The molecule has 0 amide bonds. The minimum Gasteiger partial charge on any atom is -0.496 e. The molecular weight excluding hydrogens is 256 g/mol. The molecular formula is C15H22N2OS. The van der Waals surface area contributed by atoms with Crippen LogP contribution in [0.2, 0.25) is 0 Å². The van der Waals surface area contributed by atoms with E-state index in [1.165, 1.54) is 6.42 Å². The molecule has 104 valence electrons. The Balaban J connectivity index is 1.93. The number of methoxy groups -OCH3 is 1. The lowest BCUT2D eigenvalue weighted by atomic mass is 10.1. The van der Waals surface area contributed by atoms with Gasteiger partial charge in [-0.1, -0.05) is 43.8 Å². The van der Waals surface area contributed by atoms with Crippen LogP contribution in [-0.2, 0) is 6.54 Å². The Morgan fingerprint density at radius 2 is 2.21 bits per heavy atom. The Bertz CT molecular complexity index is 446. The Kier molecular flexibility index (Phi) is 5.14. The molecule has 3 nitrogen and oxygen atoms in total. The van der Waals surface area contributed by atoms with Crippen LogP contribution in [0.1, 0.15) is 25.8 Å². The Labute approximate surface area is 119 Å².